The quantitative estimate of drug-likeness (QED) is 0.613. The lowest BCUT2D eigenvalue weighted by atomic mass is 10.1. The van der Waals surface area contributed by atoms with Crippen molar-refractivity contribution >= 4 is 26.0 Å². The highest BCUT2D eigenvalue weighted by molar-refractivity contribution is 9.09. The topological polar surface area (TPSA) is 59.1 Å². The van der Waals surface area contributed by atoms with E-state index in [9.17, 15) is 12.8 Å². The smallest absolute Gasteiger partial charge is 0.242 e. The van der Waals surface area contributed by atoms with Crippen molar-refractivity contribution in [1.82, 2.24) is 9.71 Å². The number of sulfonamides is 1. The zero-order valence-corrected chi connectivity index (χ0v) is 12.5. The zero-order valence-electron chi connectivity index (χ0n) is 10.1. The van der Waals surface area contributed by atoms with Crippen LogP contribution in [0.5, 0.6) is 0 Å². The second-order valence-electron chi connectivity index (χ2n) is 4.14. The van der Waals surface area contributed by atoms with Crippen molar-refractivity contribution in [3.8, 4) is 0 Å². The number of alkyl halides is 1. The van der Waals surface area contributed by atoms with Crippen molar-refractivity contribution < 1.29 is 12.8 Å². The fourth-order valence-electron chi connectivity index (χ4n) is 1.36. The van der Waals surface area contributed by atoms with Gasteiger partial charge in [0.2, 0.25) is 10.0 Å². The van der Waals surface area contributed by atoms with Crippen LogP contribution in [-0.4, -0.2) is 25.3 Å². The predicted molar refractivity (Wildman–Crippen MR) is 71.6 cm³/mol. The van der Waals surface area contributed by atoms with Crippen LogP contribution in [0.4, 0.5) is 4.39 Å². The molecule has 0 spiro atoms. The summed E-state index contributed by atoms with van der Waals surface area (Å²) in [5, 5.41) is 0.896. The first-order chi connectivity index (χ1) is 8.45. The molecule has 18 heavy (non-hydrogen) atoms. The van der Waals surface area contributed by atoms with Crippen molar-refractivity contribution in [1.29, 1.82) is 0 Å². The number of aromatic nitrogens is 1. The second-order valence-corrected chi connectivity index (χ2v) is 6.55. The first kappa shape index (κ1) is 15.5. The lowest BCUT2D eigenvalue weighted by Gasteiger charge is -2.08. The minimum Gasteiger partial charge on any atom is -0.260 e. The number of hydrogen-bond acceptors (Lipinski definition) is 3. The molecule has 1 atom stereocenters. The number of halogens is 2. The molecule has 0 bridgehead atoms. The van der Waals surface area contributed by atoms with Gasteiger partial charge in [-0.25, -0.2) is 17.5 Å². The van der Waals surface area contributed by atoms with Gasteiger partial charge in [0.15, 0.2) is 0 Å². The highest BCUT2D eigenvalue weighted by Gasteiger charge is 2.14. The van der Waals surface area contributed by atoms with Crippen LogP contribution in [0.25, 0.3) is 0 Å². The van der Waals surface area contributed by atoms with Crippen molar-refractivity contribution in [2.24, 2.45) is 5.92 Å². The van der Waals surface area contributed by atoms with Gasteiger partial charge in [-0.1, -0.05) is 22.9 Å². The standard InChI is InChI=1S/C11H16BrFN2O2S/c1-9(6-12)3-2-4-15-18(16,17)11-5-10(13)7-14-8-11/h5,7-9,15H,2-4,6H2,1H3. The van der Waals surface area contributed by atoms with E-state index >= 15 is 0 Å². The molecule has 0 aliphatic heterocycles. The van der Waals surface area contributed by atoms with Crippen LogP contribution in [0.1, 0.15) is 19.8 Å². The Bertz CT molecular complexity index is 482. The molecule has 0 aromatic carbocycles. The Morgan fingerprint density at radius 1 is 1.50 bits per heavy atom. The van der Waals surface area contributed by atoms with Crippen molar-refractivity contribution in [2.75, 3.05) is 11.9 Å². The average molecular weight is 339 g/mol. The number of hydrogen-bond donors (Lipinski definition) is 1. The zero-order chi connectivity index (χ0) is 13.6. The molecule has 0 fully saturated rings. The third-order valence-electron chi connectivity index (χ3n) is 2.42. The van der Waals surface area contributed by atoms with Gasteiger partial charge in [0.1, 0.15) is 10.7 Å². The molecule has 1 N–H and O–H groups in total. The molecule has 0 aliphatic rings. The van der Waals surface area contributed by atoms with Crippen LogP contribution in [0.2, 0.25) is 0 Å². The third-order valence-corrected chi connectivity index (χ3v) is 4.95. The van der Waals surface area contributed by atoms with E-state index < -0.39 is 15.8 Å². The third kappa shape index (κ3) is 4.99. The van der Waals surface area contributed by atoms with Crippen LogP contribution in [-0.2, 0) is 10.0 Å². The van der Waals surface area contributed by atoms with E-state index in [1.165, 1.54) is 0 Å². The summed E-state index contributed by atoms with van der Waals surface area (Å²) in [6.45, 7) is 2.43. The van der Waals surface area contributed by atoms with Gasteiger partial charge in [0.05, 0.1) is 6.20 Å². The van der Waals surface area contributed by atoms with E-state index in [4.69, 9.17) is 0 Å². The minimum absolute atomic E-state index is 0.143. The first-order valence-corrected chi connectivity index (χ1v) is 8.22. The Morgan fingerprint density at radius 3 is 2.83 bits per heavy atom. The van der Waals surface area contributed by atoms with Gasteiger partial charge in [-0.05, 0) is 24.8 Å². The van der Waals surface area contributed by atoms with Gasteiger partial charge >= 0.3 is 0 Å². The predicted octanol–water partition coefficient (Wildman–Crippen LogP) is 2.31. The summed E-state index contributed by atoms with van der Waals surface area (Å²) in [5.74, 6) is -0.156. The number of nitrogens with zero attached hydrogens (tertiary/aromatic N) is 1. The van der Waals surface area contributed by atoms with Crippen LogP contribution >= 0.6 is 15.9 Å². The molecule has 0 saturated carbocycles. The molecular weight excluding hydrogens is 323 g/mol. The van der Waals surface area contributed by atoms with Gasteiger partial charge in [-0.2, -0.15) is 0 Å². The molecule has 1 heterocycles. The van der Waals surface area contributed by atoms with Gasteiger partial charge in [-0.15, -0.1) is 0 Å². The maximum absolute atomic E-state index is 12.9. The molecule has 1 aromatic heterocycles. The largest absolute Gasteiger partial charge is 0.260 e. The van der Waals surface area contributed by atoms with Crippen LogP contribution in [0, 0.1) is 11.7 Å². The van der Waals surface area contributed by atoms with Gasteiger partial charge in [0.25, 0.3) is 0 Å². The summed E-state index contributed by atoms with van der Waals surface area (Å²) in [6.07, 6.45) is 3.77. The van der Waals surface area contributed by atoms with E-state index in [2.05, 4.69) is 32.6 Å². The van der Waals surface area contributed by atoms with E-state index in [1.807, 2.05) is 0 Å². The summed E-state index contributed by atoms with van der Waals surface area (Å²) in [7, 11) is -3.65. The summed E-state index contributed by atoms with van der Waals surface area (Å²) in [6, 6.07) is 0.955. The lowest BCUT2D eigenvalue weighted by Crippen LogP contribution is -2.25. The molecule has 7 heteroatoms. The maximum Gasteiger partial charge on any atom is 0.242 e. The highest BCUT2D eigenvalue weighted by Crippen LogP contribution is 2.10. The first-order valence-electron chi connectivity index (χ1n) is 5.62. The molecule has 1 unspecified atom stereocenters. The Morgan fingerprint density at radius 2 is 2.22 bits per heavy atom. The Balaban J connectivity index is 2.51. The Hall–Kier alpha value is -0.530. The van der Waals surface area contributed by atoms with Crippen LogP contribution < -0.4 is 4.72 Å². The number of nitrogens with one attached hydrogen (secondary N) is 1. The molecule has 4 nitrogen and oxygen atoms in total. The Kier molecular flexibility index (Phi) is 6.17. The average Bonchev–Trinajstić information content (AvgIpc) is 2.34. The lowest BCUT2D eigenvalue weighted by molar-refractivity contribution is 0.545. The number of rotatable bonds is 7. The minimum atomic E-state index is -3.65. The van der Waals surface area contributed by atoms with E-state index in [1.54, 1.807) is 0 Å². The molecule has 0 amide bonds. The normalized spacial score (nSPS) is 13.5. The number of pyridine rings is 1. The fourth-order valence-corrected chi connectivity index (χ4v) is 2.73. The van der Waals surface area contributed by atoms with Crippen molar-refractivity contribution in [3.63, 3.8) is 0 Å². The van der Waals surface area contributed by atoms with Crippen molar-refractivity contribution in [2.45, 2.75) is 24.7 Å². The van der Waals surface area contributed by atoms with E-state index in [0.717, 1.165) is 36.6 Å². The van der Waals surface area contributed by atoms with Gasteiger partial charge in [0, 0.05) is 18.1 Å². The fraction of sp³-hybridized carbons (Fsp3) is 0.545. The Labute approximate surface area is 115 Å². The molecule has 102 valence electrons. The molecule has 1 aromatic rings. The summed E-state index contributed by atoms with van der Waals surface area (Å²) < 4.78 is 38.9. The van der Waals surface area contributed by atoms with Gasteiger partial charge < -0.3 is 0 Å². The monoisotopic (exact) mass is 338 g/mol. The van der Waals surface area contributed by atoms with Gasteiger partial charge in [-0.3, -0.25) is 4.98 Å². The van der Waals surface area contributed by atoms with E-state index in [-0.39, 0.29) is 4.90 Å². The molecule has 0 saturated heterocycles. The molecule has 0 aliphatic carbocycles. The highest BCUT2D eigenvalue weighted by atomic mass is 79.9. The van der Waals surface area contributed by atoms with Crippen LogP contribution in [0.3, 0.4) is 0 Å². The van der Waals surface area contributed by atoms with Crippen molar-refractivity contribution in [3.05, 3.63) is 24.3 Å². The SMILES string of the molecule is CC(CBr)CCCNS(=O)(=O)c1cncc(F)c1. The van der Waals surface area contributed by atoms with E-state index in [0.29, 0.717) is 12.5 Å². The summed E-state index contributed by atoms with van der Waals surface area (Å²) in [5.41, 5.74) is 0. The second kappa shape index (κ2) is 7.16. The molecule has 1 rings (SSSR count). The summed E-state index contributed by atoms with van der Waals surface area (Å²) >= 11 is 3.36. The molecular formula is C11H16BrFN2O2S. The maximum atomic E-state index is 12.9. The summed E-state index contributed by atoms with van der Waals surface area (Å²) in [4.78, 5) is 3.38. The molecule has 0 radical (unpaired) electrons. The van der Waals surface area contributed by atoms with Crippen LogP contribution in [0.15, 0.2) is 23.4 Å².